The molecule has 0 fully saturated rings. The Kier molecular flexibility index (Phi) is 5.97. The summed E-state index contributed by atoms with van der Waals surface area (Å²) in [7, 11) is 1.56. The Labute approximate surface area is 190 Å². The van der Waals surface area contributed by atoms with Crippen LogP contribution in [0.5, 0.6) is 0 Å². The summed E-state index contributed by atoms with van der Waals surface area (Å²) in [5, 5.41) is 7.35. The Morgan fingerprint density at radius 1 is 1.24 bits per heavy atom. The molecule has 0 saturated heterocycles. The molecule has 0 aliphatic carbocycles. The van der Waals surface area contributed by atoms with Gasteiger partial charge in [0.1, 0.15) is 11.8 Å². The lowest BCUT2D eigenvalue weighted by atomic mass is 9.97. The monoisotopic (exact) mass is 445 g/mol. The first-order chi connectivity index (χ1) is 16.2. The SMILES string of the molecule is COCc1c(C(=O)NC[C@@H]2OCCc3ccccc32)cnn1-c1nccc(-c2ccco2)n1. The van der Waals surface area contributed by atoms with Gasteiger partial charge < -0.3 is 19.2 Å². The molecule has 0 bridgehead atoms. The number of carbonyl (C=O) groups excluding carboxylic acids is 1. The van der Waals surface area contributed by atoms with Crippen molar-refractivity contribution in [2.75, 3.05) is 20.3 Å². The molecule has 4 heterocycles. The highest BCUT2D eigenvalue weighted by Gasteiger charge is 2.24. The van der Waals surface area contributed by atoms with E-state index < -0.39 is 0 Å². The van der Waals surface area contributed by atoms with E-state index in [2.05, 4.69) is 26.4 Å². The lowest BCUT2D eigenvalue weighted by Gasteiger charge is -2.26. The van der Waals surface area contributed by atoms with Crippen molar-refractivity contribution < 1.29 is 18.7 Å². The fraction of sp³-hybridized carbons (Fsp3) is 0.250. The van der Waals surface area contributed by atoms with Crippen LogP contribution in [0.15, 0.2) is 65.5 Å². The molecule has 0 spiro atoms. The number of aromatic nitrogens is 4. The Bertz CT molecular complexity index is 1250. The van der Waals surface area contributed by atoms with Gasteiger partial charge in [0.15, 0.2) is 5.76 Å². The molecular weight excluding hydrogens is 422 g/mol. The van der Waals surface area contributed by atoms with E-state index in [9.17, 15) is 4.79 Å². The minimum absolute atomic E-state index is 0.167. The van der Waals surface area contributed by atoms with Crippen LogP contribution in [0, 0.1) is 0 Å². The topological polar surface area (TPSA) is 104 Å². The maximum atomic E-state index is 13.1. The smallest absolute Gasteiger partial charge is 0.254 e. The third-order valence-electron chi connectivity index (χ3n) is 5.54. The number of fused-ring (bicyclic) bond motifs is 1. The normalized spacial score (nSPS) is 15.2. The number of carbonyl (C=O) groups is 1. The second kappa shape index (κ2) is 9.35. The highest BCUT2D eigenvalue weighted by molar-refractivity contribution is 5.95. The van der Waals surface area contributed by atoms with Crippen LogP contribution in [0.4, 0.5) is 0 Å². The van der Waals surface area contributed by atoms with E-state index >= 15 is 0 Å². The molecule has 5 rings (SSSR count). The maximum absolute atomic E-state index is 13.1. The van der Waals surface area contributed by atoms with Crippen LogP contribution in [-0.2, 0) is 22.5 Å². The molecule has 9 nitrogen and oxygen atoms in total. The van der Waals surface area contributed by atoms with Crippen LogP contribution in [0.3, 0.4) is 0 Å². The zero-order valence-electron chi connectivity index (χ0n) is 18.1. The Morgan fingerprint density at radius 3 is 3.00 bits per heavy atom. The van der Waals surface area contributed by atoms with Gasteiger partial charge >= 0.3 is 0 Å². The van der Waals surface area contributed by atoms with Crippen LogP contribution in [0.25, 0.3) is 17.4 Å². The molecule has 0 unspecified atom stereocenters. The maximum Gasteiger partial charge on any atom is 0.254 e. The molecule has 0 radical (unpaired) electrons. The van der Waals surface area contributed by atoms with E-state index in [1.807, 2.05) is 24.3 Å². The lowest BCUT2D eigenvalue weighted by molar-refractivity contribution is 0.0411. The van der Waals surface area contributed by atoms with E-state index in [4.69, 9.17) is 13.9 Å². The van der Waals surface area contributed by atoms with Crippen LogP contribution >= 0.6 is 0 Å². The van der Waals surface area contributed by atoms with Gasteiger partial charge in [-0.1, -0.05) is 24.3 Å². The van der Waals surface area contributed by atoms with E-state index in [1.54, 1.807) is 31.7 Å². The van der Waals surface area contributed by atoms with Gasteiger partial charge in [0.2, 0.25) is 0 Å². The average Bonchev–Trinajstić information content (AvgIpc) is 3.54. The first kappa shape index (κ1) is 21.0. The molecule has 1 atom stereocenters. The van der Waals surface area contributed by atoms with Crippen LogP contribution in [-0.4, -0.2) is 45.9 Å². The molecule has 1 N–H and O–H groups in total. The lowest BCUT2D eigenvalue weighted by Crippen LogP contribution is -2.32. The third-order valence-corrected chi connectivity index (χ3v) is 5.54. The molecule has 33 heavy (non-hydrogen) atoms. The summed E-state index contributed by atoms with van der Waals surface area (Å²) >= 11 is 0. The molecule has 9 heteroatoms. The van der Waals surface area contributed by atoms with Gasteiger partial charge in [0.25, 0.3) is 11.9 Å². The van der Waals surface area contributed by atoms with Crippen LogP contribution < -0.4 is 5.32 Å². The van der Waals surface area contributed by atoms with Crippen molar-refractivity contribution in [2.45, 2.75) is 19.1 Å². The molecule has 4 aromatic rings. The van der Waals surface area contributed by atoms with Gasteiger partial charge in [-0.2, -0.15) is 9.78 Å². The van der Waals surface area contributed by atoms with E-state index in [-0.39, 0.29) is 18.6 Å². The van der Waals surface area contributed by atoms with Crippen molar-refractivity contribution in [1.82, 2.24) is 25.1 Å². The fourth-order valence-electron chi connectivity index (χ4n) is 3.95. The molecule has 3 aromatic heterocycles. The number of methoxy groups -OCH3 is 1. The standard InChI is InChI=1S/C24H23N5O4/c1-31-15-20-18(23(30)26-14-22-17-6-3-2-5-16(17)9-12-33-22)13-27-29(20)24-25-10-8-19(28-24)21-7-4-11-32-21/h2-8,10-11,13,22H,9,12,14-15H2,1H3,(H,26,30)/t22-/m0/s1. The highest BCUT2D eigenvalue weighted by atomic mass is 16.5. The second-order valence-electron chi connectivity index (χ2n) is 7.59. The van der Waals surface area contributed by atoms with Gasteiger partial charge in [-0.25, -0.2) is 9.97 Å². The summed E-state index contributed by atoms with van der Waals surface area (Å²) in [5.74, 6) is 0.673. The Balaban J connectivity index is 1.38. The summed E-state index contributed by atoms with van der Waals surface area (Å²) in [4.78, 5) is 21.9. The summed E-state index contributed by atoms with van der Waals surface area (Å²) in [5.41, 5.74) is 3.93. The van der Waals surface area contributed by atoms with Crippen molar-refractivity contribution in [3.05, 3.63) is 83.5 Å². The first-order valence-corrected chi connectivity index (χ1v) is 10.7. The molecule has 1 amide bonds. The summed E-state index contributed by atoms with van der Waals surface area (Å²) in [6.45, 7) is 1.16. The number of ether oxygens (including phenoxy) is 2. The number of nitrogens with zero attached hydrogens (tertiary/aromatic N) is 4. The summed E-state index contributed by atoms with van der Waals surface area (Å²) in [6.07, 6.45) is 5.40. The molecule has 0 saturated carbocycles. The molecule has 1 aromatic carbocycles. The van der Waals surface area contributed by atoms with Gasteiger partial charge in [-0.15, -0.1) is 0 Å². The van der Waals surface area contributed by atoms with E-state index in [0.717, 1.165) is 12.0 Å². The first-order valence-electron chi connectivity index (χ1n) is 10.7. The predicted molar refractivity (Wildman–Crippen MR) is 119 cm³/mol. The van der Waals surface area contributed by atoms with Crippen molar-refractivity contribution in [3.63, 3.8) is 0 Å². The fourth-order valence-corrected chi connectivity index (χ4v) is 3.95. The number of benzene rings is 1. The zero-order chi connectivity index (χ0) is 22.6. The average molecular weight is 445 g/mol. The number of amides is 1. The number of rotatable bonds is 7. The number of nitrogens with one attached hydrogen (secondary N) is 1. The number of hydrogen-bond acceptors (Lipinski definition) is 7. The zero-order valence-corrected chi connectivity index (χ0v) is 18.1. The summed E-state index contributed by atoms with van der Waals surface area (Å²) < 4.78 is 18.2. The second-order valence-corrected chi connectivity index (χ2v) is 7.59. The van der Waals surface area contributed by atoms with E-state index in [0.29, 0.717) is 41.8 Å². The van der Waals surface area contributed by atoms with Gasteiger partial charge in [-0.05, 0) is 35.7 Å². The highest BCUT2D eigenvalue weighted by Crippen LogP contribution is 2.26. The number of hydrogen-bond donors (Lipinski definition) is 1. The Morgan fingerprint density at radius 2 is 2.15 bits per heavy atom. The molecule has 1 aliphatic heterocycles. The summed E-state index contributed by atoms with van der Waals surface area (Å²) in [6, 6.07) is 13.5. The third kappa shape index (κ3) is 4.28. The largest absolute Gasteiger partial charge is 0.463 e. The molecular formula is C24H23N5O4. The van der Waals surface area contributed by atoms with Crippen molar-refractivity contribution >= 4 is 5.91 Å². The minimum Gasteiger partial charge on any atom is -0.463 e. The number of furan rings is 1. The van der Waals surface area contributed by atoms with Crippen molar-refractivity contribution in [3.8, 4) is 17.4 Å². The van der Waals surface area contributed by atoms with Gasteiger partial charge in [-0.3, -0.25) is 4.79 Å². The van der Waals surface area contributed by atoms with Crippen molar-refractivity contribution in [1.29, 1.82) is 0 Å². The molecule has 168 valence electrons. The van der Waals surface area contributed by atoms with Crippen molar-refractivity contribution in [2.24, 2.45) is 0 Å². The van der Waals surface area contributed by atoms with Gasteiger partial charge in [0.05, 0.1) is 36.9 Å². The molecule has 1 aliphatic rings. The predicted octanol–water partition coefficient (Wildman–Crippen LogP) is 3.11. The van der Waals surface area contributed by atoms with Gasteiger partial charge in [0, 0.05) is 19.9 Å². The Hall–Kier alpha value is -3.82. The minimum atomic E-state index is -0.262. The van der Waals surface area contributed by atoms with E-state index in [1.165, 1.54) is 16.4 Å². The van der Waals surface area contributed by atoms with Crippen LogP contribution in [0.1, 0.15) is 33.3 Å². The van der Waals surface area contributed by atoms with Crippen LogP contribution in [0.2, 0.25) is 0 Å². The quantitative estimate of drug-likeness (QED) is 0.466.